The summed E-state index contributed by atoms with van der Waals surface area (Å²) < 4.78 is 5.02. The summed E-state index contributed by atoms with van der Waals surface area (Å²) in [6, 6.07) is 0. The number of rotatable bonds is 2. The van der Waals surface area contributed by atoms with Crippen molar-refractivity contribution in [3.63, 3.8) is 0 Å². The van der Waals surface area contributed by atoms with Crippen molar-refractivity contribution >= 4 is 11.9 Å². The number of Topliss-reactive ketones (excluding diaryl/α,β-unsaturated/α-hetero) is 1. The molecule has 13 heavy (non-hydrogen) atoms. The molecule has 68 valence electrons. The van der Waals surface area contributed by atoms with E-state index in [1.165, 1.54) is 0 Å². The van der Waals surface area contributed by atoms with Crippen LogP contribution >= 0.6 is 0 Å². The second kappa shape index (κ2) is 3.17. The van der Waals surface area contributed by atoms with E-state index in [4.69, 9.17) is 4.52 Å². The first-order chi connectivity index (χ1) is 6.33. The highest BCUT2D eigenvalue weighted by molar-refractivity contribution is 5.95. The highest BCUT2D eigenvalue weighted by atomic mass is 16.5. The van der Waals surface area contributed by atoms with Gasteiger partial charge in [0.15, 0.2) is 0 Å². The van der Waals surface area contributed by atoms with E-state index in [0.29, 0.717) is 12.2 Å². The summed E-state index contributed by atoms with van der Waals surface area (Å²) >= 11 is 0. The number of allylic oxidation sites excluding steroid dienone is 1. The Labute approximate surface area is 76.4 Å². The predicted octanol–water partition coefficient (Wildman–Crippen LogP) is 2.23. The van der Waals surface area contributed by atoms with Crippen LogP contribution in [0.3, 0.4) is 0 Å². The lowest BCUT2D eigenvalue weighted by molar-refractivity contribution is 0.0951. The maximum atomic E-state index is 11.4. The van der Waals surface area contributed by atoms with E-state index in [0.717, 1.165) is 24.1 Å². The van der Waals surface area contributed by atoms with Gasteiger partial charge in [-0.2, -0.15) is 0 Å². The Hall–Kier alpha value is -1.38. The fraction of sp³-hybridized carbons (Fsp3) is 0.400. The Balaban J connectivity index is 2.43. The van der Waals surface area contributed by atoms with Crippen LogP contribution in [0.15, 0.2) is 10.6 Å². The second-order valence-electron chi connectivity index (χ2n) is 3.09. The van der Waals surface area contributed by atoms with Crippen molar-refractivity contribution in [1.29, 1.82) is 0 Å². The van der Waals surface area contributed by atoms with E-state index in [9.17, 15) is 4.79 Å². The summed E-state index contributed by atoms with van der Waals surface area (Å²) in [6.45, 7) is 1.83. The molecule has 0 bridgehead atoms. The van der Waals surface area contributed by atoms with E-state index in [1.807, 2.05) is 19.1 Å². The molecule has 0 fully saturated rings. The van der Waals surface area contributed by atoms with Crippen LogP contribution in [-0.4, -0.2) is 10.9 Å². The van der Waals surface area contributed by atoms with Gasteiger partial charge in [-0.25, -0.2) is 0 Å². The molecule has 1 aromatic rings. The van der Waals surface area contributed by atoms with Gasteiger partial charge in [0.05, 0.1) is 0 Å². The molecule has 1 heterocycles. The van der Waals surface area contributed by atoms with Gasteiger partial charge in [-0.1, -0.05) is 18.2 Å². The Morgan fingerprint density at radius 3 is 3.31 bits per heavy atom. The lowest BCUT2D eigenvalue weighted by atomic mass is 10.00. The van der Waals surface area contributed by atoms with Gasteiger partial charge in [-0.3, -0.25) is 4.79 Å². The van der Waals surface area contributed by atoms with Crippen LogP contribution in [0.1, 0.15) is 41.6 Å². The molecule has 0 atom stereocenters. The molecule has 3 heteroatoms. The number of carbonyl (C=O) groups excluding carboxylic acids is 1. The number of hydrogen-bond donors (Lipinski definition) is 0. The third-order valence-electron chi connectivity index (χ3n) is 2.23. The van der Waals surface area contributed by atoms with E-state index in [2.05, 4.69) is 5.16 Å². The van der Waals surface area contributed by atoms with Gasteiger partial charge in [0.1, 0.15) is 5.69 Å². The molecule has 0 aromatic carbocycles. The van der Waals surface area contributed by atoms with Crippen molar-refractivity contribution in [2.24, 2.45) is 0 Å². The highest BCUT2D eigenvalue weighted by Gasteiger charge is 2.20. The van der Waals surface area contributed by atoms with Crippen LogP contribution in [-0.2, 0) is 6.42 Å². The molecule has 2 rings (SSSR count). The van der Waals surface area contributed by atoms with Gasteiger partial charge in [0.25, 0.3) is 0 Å². The third kappa shape index (κ3) is 1.30. The highest BCUT2D eigenvalue weighted by Crippen LogP contribution is 2.22. The van der Waals surface area contributed by atoms with Crippen LogP contribution in [0, 0.1) is 0 Å². The van der Waals surface area contributed by atoms with E-state index in [-0.39, 0.29) is 5.78 Å². The summed E-state index contributed by atoms with van der Waals surface area (Å²) in [5, 5.41) is 3.84. The van der Waals surface area contributed by atoms with Crippen LogP contribution < -0.4 is 0 Å². The average Bonchev–Trinajstić information content (AvgIpc) is 2.60. The maximum Gasteiger partial charge on any atom is 0.206 e. The van der Waals surface area contributed by atoms with Gasteiger partial charge in [0.2, 0.25) is 11.5 Å². The molecular formula is C10H11NO2. The van der Waals surface area contributed by atoms with E-state index >= 15 is 0 Å². The molecule has 1 aliphatic rings. The first kappa shape index (κ1) is 8.23. The number of aromatic nitrogens is 1. The minimum Gasteiger partial charge on any atom is -0.352 e. The van der Waals surface area contributed by atoms with Gasteiger partial charge >= 0.3 is 0 Å². The molecule has 0 aliphatic heterocycles. The lowest BCUT2D eigenvalue weighted by Gasteiger charge is -2.02. The van der Waals surface area contributed by atoms with Crippen LogP contribution in [0.25, 0.3) is 6.08 Å². The van der Waals surface area contributed by atoms with Gasteiger partial charge in [-0.05, 0) is 18.9 Å². The summed E-state index contributed by atoms with van der Waals surface area (Å²) in [5.74, 6) is 0.505. The zero-order valence-electron chi connectivity index (χ0n) is 7.54. The largest absolute Gasteiger partial charge is 0.352 e. The van der Waals surface area contributed by atoms with Crippen LogP contribution in [0.5, 0.6) is 0 Å². The quantitative estimate of drug-likeness (QED) is 0.650. The molecule has 0 saturated heterocycles. The molecule has 0 radical (unpaired) electrons. The number of nitrogens with zero attached hydrogens (tertiary/aromatic N) is 1. The minimum atomic E-state index is 0.0454. The Bertz CT molecular complexity index is 363. The predicted molar refractivity (Wildman–Crippen MR) is 48.5 cm³/mol. The molecule has 0 spiro atoms. The maximum absolute atomic E-state index is 11.4. The molecule has 1 aliphatic carbocycles. The Morgan fingerprint density at radius 1 is 1.69 bits per heavy atom. The summed E-state index contributed by atoms with van der Waals surface area (Å²) in [4.78, 5) is 11.4. The normalized spacial score (nSPS) is 14.2. The molecule has 0 N–H and O–H groups in total. The molecule has 0 amide bonds. The van der Waals surface area contributed by atoms with Gasteiger partial charge in [-0.15, -0.1) is 0 Å². The average molecular weight is 177 g/mol. The molecule has 0 saturated carbocycles. The fourth-order valence-corrected chi connectivity index (χ4v) is 1.50. The number of fused-ring (bicyclic) bond motifs is 1. The zero-order chi connectivity index (χ0) is 9.26. The molecule has 1 aromatic heterocycles. The summed E-state index contributed by atoms with van der Waals surface area (Å²) in [6.07, 6.45) is 6.28. The summed E-state index contributed by atoms with van der Waals surface area (Å²) in [7, 11) is 0. The molecule has 0 unspecified atom stereocenters. The minimum absolute atomic E-state index is 0.0454. The topological polar surface area (TPSA) is 43.1 Å². The SMILES string of the molecule is CCC(=O)c1onc2c1CCC=C2. The van der Waals surface area contributed by atoms with Crippen molar-refractivity contribution in [1.82, 2.24) is 5.16 Å². The van der Waals surface area contributed by atoms with Gasteiger partial charge in [0, 0.05) is 12.0 Å². The van der Waals surface area contributed by atoms with Crippen LogP contribution in [0.4, 0.5) is 0 Å². The summed E-state index contributed by atoms with van der Waals surface area (Å²) in [5.41, 5.74) is 1.80. The van der Waals surface area contributed by atoms with E-state index in [1.54, 1.807) is 0 Å². The number of hydrogen-bond acceptors (Lipinski definition) is 3. The molecule has 3 nitrogen and oxygen atoms in total. The van der Waals surface area contributed by atoms with Gasteiger partial charge < -0.3 is 4.52 Å². The number of ketones is 1. The Morgan fingerprint density at radius 2 is 2.54 bits per heavy atom. The van der Waals surface area contributed by atoms with Crippen molar-refractivity contribution in [3.05, 3.63) is 23.1 Å². The third-order valence-corrected chi connectivity index (χ3v) is 2.23. The van der Waals surface area contributed by atoms with Crippen molar-refractivity contribution < 1.29 is 9.32 Å². The van der Waals surface area contributed by atoms with Crippen molar-refractivity contribution in [2.75, 3.05) is 0 Å². The monoisotopic (exact) mass is 177 g/mol. The fourth-order valence-electron chi connectivity index (χ4n) is 1.50. The van der Waals surface area contributed by atoms with Crippen molar-refractivity contribution in [3.8, 4) is 0 Å². The first-order valence-electron chi connectivity index (χ1n) is 4.51. The zero-order valence-corrected chi connectivity index (χ0v) is 7.54. The molecular weight excluding hydrogens is 166 g/mol. The first-order valence-corrected chi connectivity index (χ1v) is 4.51. The van der Waals surface area contributed by atoms with Crippen molar-refractivity contribution in [2.45, 2.75) is 26.2 Å². The standard InChI is InChI=1S/C10H11NO2/c1-2-9(12)10-7-5-3-4-6-8(7)11-13-10/h4,6H,2-3,5H2,1H3. The second-order valence-corrected chi connectivity index (χ2v) is 3.09. The van der Waals surface area contributed by atoms with Crippen LogP contribution in [0.2, 0.25) is 0 Å². The lowest BCUT2D eigenvalue weighted by Crippen LogP contribution is -2.01. The smallest absolute Gasteiger partial charge is 0.206 e. The Kier molecular flexibility index (Phi) is 2.00. The van der Waals surface area contributed by atoms with E-state index < -0.39 is 0 Å². The number of carbonyl (C=O) groups is 1.